The van der Waals surface area contributed by atoms with Gasteiger partial charge in [0, 0.05) is 30.4 Å². The Hall–Kier alpha value is -1.09. The zero-order valence-corrected chi connectivity index (χ0v) is 12.7. The molecule has 0 aliphatic rings. The molecule has 5 heteroatoms. The van der Waals surface area contributed by atoms with Crippen molar-refractivity contribution in [2.24, 2.45) is 0 Å². The van der Waals surface area contributed by atoms with E-state index in [2.05, 4.69) is 27.3 Å². The summed E-state index contributed by atoms with van der Waals surface area (Å²) in [6.07, 6.45) is 2.04. The Kier molecular flexibility index (Phi) is 8.23. The van der Waals surface area contributed by atoms with Gasteiger partial charge < -0.3 is 14.8 Å². The molecule has 0 spiro atoms. The van der Waals surface area contributed by atoms with Crippen LogP contribution in [0.25, 0.3) is 0 Å². The minimum atomic E-state index is 0.646. The third-order valence-electron chi connectivity index (χ3n) is 2.50. The van der Waals surface area contributed by atoms with E-state index >= 15 is 0 Å². The van der Waals surface area contributed by atoms with Crippen LogP contribution in [0.2, 0.25) is 0 Å². The normalized spacial score (nSPS) is 10.2. The lowest BCUT2D eigenvalue weighted by Crippen LogP contribution is -2.06. The van der Waals surface area contributed by atoms with Crippen molar-refractivity contribution in [3.8, 4) is 6.07 Å². The number of rotatable bonds is 9. The van der Waals surface area contributed by atoms with Crippen LogP contribution < -0.4 is 5.32 Å². The Balaban J connectivity index is 2.16. The number of halogens is 1. The van der Waals surface area contributed by atoms with E-state index in [0.717, 1.165) is 36.2 Å². The summed E-state index contributed by atoms with van der Waals surface area (Å²) in [5, 5.41) is 12.2. The number of benzene rings is 1. The quantitative estimate of drug-likeness (QED) is 0.708. The number of unbranched alkanes of at least 4 members (excludes halogenated alkanes) is 1. The smallest absolute Gasteiger partial charge is 0.0992 e. The predicted octanol–water partition coefficient (Wildman–Crippen LogP) is 3.18. The van der Waals surface area contributed by atoms with E-state index in [1.54, 1.807) is 13.2 Å². The fourth-order valence-corrected chi connectivity index (χ4v) is 2.06. The molecule has 1 aromatic rings. The van der Waals surface area contributed by atoms with E-state index in [-0.39, 0.29) is 0 Å². The SMILES string of the molecule is COCCOCCCCNc1cc(Br)cc(C#N)c1. The van der Waals surface area contributed by atoms with E-state index in [0.29, 0.717) is 18.8 Å². The Bertz CT molecular complexity index is 418. The van der Waals surface area contributed by atoms with Gasteiger partial charge in [0.25, 0.3) is 0 Å². The molecule has 0 radical (unpaired) electrons. The molecule has 104 valence electrons. The second kappa shape index (κ2) is 9.79. The highest BCUT2D eigenvalue weighted by Crippen LogP contribution is 2.19. The molecule has 0 amide bonds. The summed E-state index contributed by atoms with van der Waals surface area (Å²) in [5.41, 5.74) is 1.62. The summed E-state index contributed by atoms with van der Waals surface area (Å²) in [7, 11) is 1.67. The molecule has 1 aromatic carbocycles. The topological polar surface area (TPSA) is 54.3 Å². The Morgan fingerprint density at radius 2 is 2.05 bits per heavy atom. The van der Waals surface area contributed by atoms with Gasteiger partial charge in [0.1, 0.15) is 0 Å². The molecule has 0 aliphatic heterocycles. The molecule has 0 bridgehead atoms. The number of hydrogen-bond acceptors (Lipinski definition) is 4. The van der Waals surface area contributed by atoms with Gasteiger partial charge in [0.2, 0.25) is 0 Å². The van der Waals surface area contributed by atoms with Crippen molar-refractivity contribution < 1.29 is 9.47 Å². The van der Waals surface area contributed by atoms with Crippen molar-refractivity contribution in [3.63, 3.8) is 0 Å². The summed E-state index contributed by atoms with van der Waals surface area (Å²) in [4.78, 5) is 0. The third kappa shape index (κ3) is 7.16. The molecule has 0 saturated carbocycles. The molecule has 0 atom stereocenters. The number of anilines is 1. The van der Waals surface area contributed by atoms with Crippen LogP contribution in [0.4, 0.5) is 5.69 Å². The van der Waals surface area contributed by atoms with Crippen molar-refractivity contribution in [1.82, 2.24) is 0 Å². The predicted molar refractivity (Wildman–Crippen MR) is 79.3 cm³/mol. The lowest BCUT2D eigenvalue weighted by Gasteiger charge is -2.08. The molecule has 0 unspecified atom stereocenters. The molecule has 0 saturated heterocycles. The van der Waals surface area contributed by atoms with Crippen LogP contribution in [0, 0.1) is 11.3 Å². The fourth-order valence-electron chi connectivity index (χ4n) is 1.56. The van der Waals surface area contributed by atoms with Crippen LogP contribution in [0.1, 0.15) is 18.4 Å². The molecule has 0 aromatic heterocycles. The lowest BCUT2D eigenvalue weighted by molar-refractivity contribution is 0.0691. The molecule has 1 rings (SSSR count). The van der Waals surface area contributed by atoms with E-state index in [9.17, 15) is 0 Å². The summed E-state index contributed by atoms with van der Waals surface area (Å²) in [5.74, 6) is 0. The first-order chi connectivity index (χ1) is 9.26. The van der Waals surface area contributed by atoms with Crippen molar-refractivity contribution in [1.29, 1.82) is 5.26 Å². The highest BCUT2D eigenvalue weighted by atomic mass is 79.9. The first-order valence-corrected chi connectivity index (χ1v) is 7.07. The first-order valence-electron chi connectivity index (χ1n) is 6.27. The number of hydrogen-bond donors (Lipinski definition) is 1. The van der Waals surface area contributed by atoms with Gasteiger partial charge in [0.05, 0.1) is 24.8 Å². The average Bonchev–Trinajstić information content (AvgIpc) is 2.41. The van der Waals surface area contributed by atoms with Crippen LogP contribution in [0.5, 0.6) is 0 Å². The highest BCUT2D eigenvalue weighted by molar-refractivity contribution is 9.10. The standard InChI is InChI=1S/C14H19BrN2O2/c1-18-6-7-19-5-3-2-4-17-14-9-12(11-16)8-13(15)10-14/h8-10,17H,2-7H2,1H3. The second-order valence-electron chi connectivity index (χ2n) is 4.08. The van der Waals surface area contributed by atoms with Crippen molar-refractivity contribution >= 4 is 21.6 Å². The van der Waals surface area contributed by atoms with Crippen LogP contribution in [0.3, 0.4) is 0 Å². The number of ether oxygens (including phenoxy) is 2. The van der Waals surface area contributed by atoms with Crippen molar-refractivity contribution in [3.05, 3.63) is 28.2 Å². The van der Waals surface area contributed by atoms with Gasteiger partial charge in [-0.25, -0.2) is 0 Å². The zero-order chi connectivity index (χ0) is 13.9. The van der Waals surface area contributed by atoms with Gasteiger partial charge >= 0.3 is 0 Å². The van der Waals surface area contributed by atoms with Gasteiger partial charge in [-0.05, 0) is 31.0 Å². The number of nitriles is 1. The molecule has 1 N–H and O–H groups in total. The largest absolute Gasteiger partial charge is 0.385 e. The number of nitrogens with zero attached hydrogens (tertiary/aromatic N) is 1. The Labute approximate surface area is 122 Å². The molecular weight excluding hydrogens is 308 g/mol. The van der Waals surface area contributed by atoms with Crippen molar-refractivity contribution in [2.75, 3.05) is 38.8 Å². The minimum Gasteiger partial charge on any atom is -0.385 e. The highest BCUT2D eigenvalue weighted by Gasteiger charge is 1.98. The van der Waals surface area contributed by atoms with Crippen molar-refractivity contribution in [2.45, 2.75) is 12.8 Å². The molecule has 19 heavy (non-hydrogen) atoms. The van der Waals surface area contributed by atoms with Gasteiger partial charge in [-0.2, -0.15) is 5.26 Å². The molecule has 0 aliphatic carbocycles. The molecular formula is C14H19BrN2O2. The first kappa shape index (κ1) is 16.0. The van der Waals surface area contributed by atoms with E-state index in [1.807, 2.05) is 12.1 Å². The summed E-state index contributed by atoms with van der Waals surface area (Å²) < 4.78 is 11.2. The average molecular weight is 327 g/mol. The number of methoxy groups -OCH3 is 1. The summed E-state index contributed by atoms with van der Waals surface area (Å²) >= 11 is 3.39. The second-order valence-corrected chi connectivity index (χ2v) is 5.00. The van der Waals surface area contributed by atoms with Gasteiger partial charge in [-0.1, -0.05) is 15.9 Å². The van der Waals surface area contributed by atoms with E-state index in [4.69, 9.17) is 14.7 Å². The van der Waals surface area contributed by atoms with Crippen LogP contribution in [-0.4, -0.2) is 33.5 Å². The molecule has 4 nitrogen and oxygen atoms in total. The maximum Gasteiger partial charge on any atom is 0.0992 e. The lowest BCUT2D eigenvalue weighted by atomic mass is 10.2. The van der Waals surface area contributed by atoms with Gasteiger partial charge in [0.15, 0.2) is 0 Å². The van der Waals surface area contributed by atoms with Crippen LogP contribution in [-0.2, 0) is 9.47 Å². The fraction of sp³-hybridized carbons (Fsp3) is 0.500. The zero-order valence-electron chi connectivity index (χ0n) is 11.1. The maximum atomic E-state index is 8.87. The Morgan fingerprint density at radius 1 is 1.21 bits per heavy atom. The maximum absolute atomic E-state index is 8.87. The van der Waals surface area contributed by atoms with Crippen LogP contribution in [0.15, 0.2) is 22.7 Å². The third-order valence-corrected chi connectivity index (χ3v) is 2.96. The van der Waals surface area contributed by atoms with Gasteiger partial charge in [-0.15, -0.1) is 0 Å². The van der Waals surface area contributed by atoms with E-state index in [1.165, 1.54) is 0 Å². The molecule has 0 heterocycles. The summed E-state index contributed by atoms with van der Waals surface area (Å²) in [6.45, 7) is 2.93. The monoisotopic (exact) mass is 326 g/mol. The van der Waals surface area contributed by atoms with E-state index < -0.39 is 0 Å². The Morgan fingerprint density at radius 3 is 2.79 bits per heavy atom. The van der Waals surface area contributed by atoms with Gasteiger partial charge in [-0.3, -0.25) is 0 Å². The molecule has 0 fully saturated rings. The summed E-state index contributed by atoms with van der Waals surface area (Å²) in [6, 6.07) is 7.75. The number of nitrogens with one attached hydrogen (secondary N) is 1. The van der Waals surface area contributed by atoms with Crippen LogP contribution >= 0.6 is 15.9 Å². The minimum absolute atomic E-state index is 0.646.